The van der Waals surface area contributed by atoms with Crippen molar-refractivity contribution in [3.05, 3.63) is 0 Å². The van der Waals surface area contributed by atoms with Crippen LogP contribution in [0.25, 0.3) is 0 Å². The molecule has 0 spiro atoms. The molecule has 0 saturated heterocycles. The summed E-state index contributed by atoms with van der Waals surface area (Å²) in [6, 6.07) is 0. The fourth-order valence-corrected chi connectivity index (χ4v) is 3.85. The first-order valence-electron chi connectivity index (χ1n) is 3.28. The van der Waals surface area contributed by atoms with Crippen molar-refractivity contribution in [3.63, 3.8) is 0 Å². The van der Waals surface area contributed by atoms with Gasteiger partial charge in [-0.2, -0.15) is 9.03 Å². The third-order valence-electron chi connectivity index (χ3n) is 0.804. The minimum atomic E-state index is -0.988. The fourth-order valence-electron chi connectivity index (χ4n) is 0.400. The Morgan fingerprint density at radius 1 is 1.25 bits per heavy atom. The average Bonchev–Trinajstić information content (AvgIpc) is 2.02. The molecule has 1 atom stereocenters. The summed E-state index contributed by atoms with van der Waals surface area (Å²) in [5.41, 5.74) is 0. The number of hydrogen-bond donors (Lipinski definition) is 0. The van der Waals surface area contributed by atoms with Crippen molar-refractivity contribution in [1.29, 1.82) is 0 Å². The Balaban J connectivity index is 2.50. The molecule has 12 heavy (non-hydrogen) atoms. The Bertz CT molecular complexity index is 249. The maximum Gasteiger partial charge on any atom is 0.548 e. The van der Waals surface area contributed by atoms with E-state index in [1.807, 2.05) is 0 Å². The number of nitrogens with zero attached hydrogens (tertiary/aromatic N) is 4. The lowest BCUT2D eigenvalue weighted by Gasteiger charge is -1.83. The quantitative estimate of drug-likeness (QED) is 0.635. The van der Waals surface area contributed by atoms with Crippen molar-refractivity contribution in [1.82, 2.24) is 0 Å². The summed E-state index contributed by atoms with van der Waals surface area (Å²) in [6.07, 6.45) is 0.990. The van der Waals surface area contributed by atoms with E-state index in [0.717, 1.165) is 6.42 Å². The predicted molar refractivity (Wildman–Crippen MR) is 53.6 cm³/mol. The van der Waals surface area contributed by atoms with Gasteiger partial charge in [-0.05, 0) is 6.42 Å². The van der Waals surface area contributed by atoms with Gasteiger partial charge in [-0.25, -0.2) is 0 Å². The molecular weight excluding hydrogens is 232 g/mol. The van der Waals surface area contributed by atoms with E-state index >= 15 is 0 Å². The Morgan fingerprint density at radius 2 is 2.08 bits per heavy atom. The van der Waals surface area contributed by atoms with Gasteiger partial charge in [0.25, 0.3) is 0 Å². The summed E-state index contributed by atoms with van der Waals surface area (Å²) in [4.78, 5) is 0. The van der Waals surface area contributed by atoms with Crippen LogP contribution in [0.3, 0.4) is 0 Å². The van der Waals surface area contributed by atoms with Crippen molar-refractivity contribution in [3.8, 4) is 0 Å². The van der Waals surface area contributed by atoms with Crippen LogP contribution in [0.5, 0.6) is 0 Å². The molecule has 1 aliphatic heterocycles. The van der Waals surface area contributed by atoms with Crippen LogP contribution in [-0.4, -0.2) is 6.61 Å². The molecule has 0 N–H and O–H groups in total. The van der Waals surface area contributed by atoms with E-state index in [-0.39, 0.29) is 0 Å². The van der Waals surface area contributed by atoms with Crippen molar-refractivity contribution in [2.75, 3.05) is 6.61 Å². The molecule has 5 nitrogen and oxygen atoms in total. The zero-order valence-electron chi connectivity index (χ0n) is 6.40. The highest BCUT2D eigenvalue weighted by molar-refractivity contribution is 7.55. The Labute approximate surface area is 76.8 Å². The monoisotopic (exact) mass is 239 g/mol. The second-order valence-electron chi connectivity index (χ2n) is 1.71. The van der Waals surface area contributed by atoms with E-state index in [0.29, 0.717) is 32.2 Å². The molecule has 0 aliphatic carbocycles. The van der Waals surface area contributed by atoms with Gasteiger partial charge in [0.2, 0.25) is 17.0 Å². The van der Waals surface area contributed by atoms with E-state index in [1.165, 1.54) is 0 Å². The molecule has 64 valence electrons. The van der Waals surface area contributed by atoms with Gasteiger partial charge in [-0.15, -0.1) is 4.52 Å². The van der Waals surface area contributed by atoms with Gasteiger partial charge >= 0.3 is 8.09 Å². The van der Waals surface area contributed by atoms with Crippen LogP contribution < -0.4 is 0 Å². The van der Waals surface area contributed by atoms with Crippen LogP contribution in [0.2, 0.25) is 0 Å². The molecule has 1 rings (SSSR count). The van der Waals surface area contributed by atoms with Crippen LogP contribution >= 0.6 is 33.7 Å². The molecule has 0 fully saturated rings. The highest BCUT2D eigenvalue weighted by atomic mass is 31.2. The molecule has 1 heterocycles. The zero-order chi connectivity index (χ0) is 8.65. The molecule has 0 saturated carbocycles. The first-order chi connectivity index (χ1) is 5.93. The molecule has 9 heteroatoms. The second-order valence-corrected chi connectivity index (χ2v) is 5.87. The molecule has 0 aromatic carbocycles. The first kappa shape index (κ1) is 10.4. The topological polar surface area (TPSA) is 58.7 Å². The lowest BCUT2D eigenvalue weighted by molar-refractivity contribution is 0.358. The number of rotatable bonds is 3. The average molecular weight is 239 g/mol. The minimum absolute atomic E-state index is 0.684. The summed E-state index contributed by atoms with van der Waals surface area (Å²) >= 11 is 0. The molecule has 0 aromatic heterocycles. The Kier molecular flexibility index (Phi) is 5.94. The molecule has 0 amide bonds. The van der Waals surface area contributed by atoms with Gasteiger partial charge in [-0.1, -0.05) is 6.92 Å². The lowest BCUT2D eigenvalue weighted by atomic mass is 10.5. The van der Waals surface area contributed by atoms with E-state index in [2.05, 4.69) is 25.0 Å². The van der Waals surface area contributed by atoms with Gasteiger partial charge in [0.05, 0.1) is 0 Å². The summed E-state index contributed by atoms with van der Waals surface area (Å²) in [6.45, 7) is 2.77. The highest BCUT2D eigenvalue weighted by Gasteiger charge is 2.13. The van der Waals surface area contributed by atoms with Crippen LogP contribution in [0.15, 0.2) is 18.1 Å². The third kappa shape index (κ3) is 4.40. The standard InChI is InChI=1S/C3H7N4OP4/c1-2-3-8-12-6-10-4-9-5-11-7-12/h2-3H2,1H3/q+1. The van der Waals surface area contributed by atoms with Crippen LogP contribution in [0.1, 0.15) is 13.3 Å². The van der Waals surface area contributed by atoms with Crippen LogP contribution in [-0.2, 0) is 4.52 Å². The smallest absolute Gasteiger partial charge is 0.162 e. The molecule has 0 aromatic rings. The largest absolute Gasteiger partial charge is 0.548 e. The van der Waals surface area contributed by atoms with E-state index < -0.39 is 8.09 Å². The highest BCUT2D eigenvalue weighted by Crippen LogP contribution is 2.40. The van der Waals surface area contributed by atoms with Gasteiger partial charge in [-0.3, -0.25) is 0 Å². The zero-order valence-corrected chi connectivity index (χ0v) is 9.98. The first-order valence-corrected chi connectivity index (χ1v) is 6.84. The fraction of sp³-hybridized carbons (Fsp3) is 1.00. The maximum absolute atomic E-state index is 5.36. The predicted octanol–water partition coefficient (Wildman–Crippen LogP) is 5.06. The Morgan fingerprint density at radius 3 is 2.92 bits per heavy atom. The summed E-state index contributed by atoms with van der Waals surface area (Å²) in [5, 5.41) is 0. The maximum atomic E-state index is 5.36. The third-order valence-corrected chi connectivity index (χ3v) is 4.36. The van der Waals surface area contributed by atoms with Crippen molar-refractivity contribution < 1.29 is 4.52 Å². The van der Waals surface area contributed by atoms with E-state index in [1.54, 1.807) is 0 Å². The van der Waals surface area contributed by atoms with Crippen LogP contribution in [0, 0.1) is 0 Å². The molecule has 0 radical (unpaired) electrons. The second kappa shape index (κ2) is 6.83. The van der Waals surface area contributed by atoms with Gasteiger partial charge in [0.15, 0.2) is 8.52 Å². The summed E-state index contributed by atoms with van der Waals surface area (Å²) < 4.78 is 21.6. The summed E-state index contributed by atoms with van der Waals surface area (Å²) in [7, 11) is 1.09. The SMILES string of the molecule is CCCO[P+]1=NP=NP=NP=N1. The lowest BCUT2D eigenvalue weighted by Crippen LogP contribution is -1.79. The molecule has 1 unspecified atom stereocenters. The van der Waals surface area contributed by atoms with Crippen molar-refractivity contribution in [2.24, 2.45) is 18.1 Å². The van der Waals surface area contributed by atoms with E-state index in [9.17, 15) is 0 Å². The van der Waals surface area contributed by atoms with Gasteiger partial charge in [0, 0.05) is 9.03 Å². The van der Waals surface area contributed by atoms with Crippen LogP contribution in [0.4, 0.5) is 0 Å². The van der Waals surface area contributed by atoms with E-state index in [4.69, 9.17) is 4.52 Å². The Hall–Kier alpha value is 0.360. The molecular formula is C3H7N4OP4+. The molecule has 0 bridgehead atoms. The summed E-state index contributed by atoms with van der Waals surface area (Å²) in [5.74, 6) is 0. The van der Waals surface area contributed by atoms with Crippen molar-refractivity contribution in [2.45, 2.75) is 13.3 Å². The van der Waals surface area contributed by atoms with Gasteiger partial charge in [0.1, 0.15) is 6.61 Å². The van der Waals surface area contributed by atoms with Gasteiger partial charge < -0.3 is 0 Å². The molecule has 1 aliphatic rings. The minimum Gasteiger partial charge on any atom is -0.162 e. The normalized spacial score (nSPS) is 22.6. The number of hydrogen-bond acceptors (Lipinski definition) is 5. The van der Waals surface area contributed by atoms with Crippen molar-refractivity contribution >= 4 is 33.7 Å².